The third kappa shape index (κ3) is 2.69. The van der Waals surface area contributed by atoms with Crippen molar-refractivity contribution in [3.8, 4) is 11.8 Å². The van der Waals surface area contributed by atoms with Gasteiger partial charge in [-0.05, 0) is 31.0 Å². The number of halogens is 1. The Morgan fingerprint density at radius 3 is 2.94 bits per heavy atom. The number of aliphatic hydroxyl groups is 1. The molecule has 1 fully saturated rings. The Kier molecular flexibility index (Phi) is 3.96. The molecule has 0 unspecified atom stereocenters. The number of nitrogens with zero attached hydrogens (tertiary/aromatic N) is 1. The lowest BCUT2D eigenvalue weighted by Crippen LogP contribution is -2.35. The number of rotatable bonds is 1. The summed E-state index contributed by atoms with van der Waals surface area (Å²) in [4.78, 5) is 13.4. The summed E-state index contributed by atoms with van der Waals surface area (Å²) >= 11 is 0. The molecule has 18 heavy (non-hydrogen) atoms. The Morgan fingerprint density at radius 1 is 1.39 bits per heavy atom. The summed E-state index contributed by atoms with van der Waals surface area (Å²) < 4.78 is 13.5. The van der Waals surface area contributed by atoms with Gasteiger partial charge in [0.15, 0.2) is 0 Å². The van der Waals surface area contributed by atoms with Gasteiger partial charge in [0.1, 0.15) is 12.4 Å². The fourth-order valence-electron chi connectivity index (χ4n) is 1.99. The zero-order chi connectivity index (χ0) is 13.0. The Hall–Kier alpha value is -1.86. The molecule has 1 saturated heterocycles. The number of piperidine rings is 1. The zero-order valence-electron chi connectivity index (χ0n) is 9.95. The molecule has 0 aliphatic carbocycles. The third-order valence-electron chi connectivity index (χ3n) is 2.89. The van der Waals surface area contributed by atoms with Gasteiger partial charge in [-0.2, -0.15) is 0 Å². The summed E-state index contributed by atoms with van der Waals surface area (Å²) in [5.41, 5.74) is 0.878. The second-order valence-electron chi connectivity index (χ2n) is 4.13. The standard InChI is InChI=1S/C14H14FNO2/c15-13-7-6-12(10-11(13)4-3-9-17)16-8-2-1-5-14(16)18/h6-7,10,17H,1-2,5,8-9H2. The smallest absolute Gasteiger partial charge is 0.226 e. The van der Waals surface area contributed by atoms with E-state index in [2.05, 4.69) is 11.8 Å². The molecule has 94 valence electrons. The summed E-state index contributed by atoms with van der Waals surface area (Å²) in [7, 11) is 0. The second-order valence-corrected chi connectivity index (χ2v) is 4.13. The van der Waals surface area contributed by atoms with E-state index < -0.39 is 5.82 Å². The highest BCUT2D eigenvalue weighted by molar-refractivity contribution is 5.94. The van der Waals surface area contributed by atoms with Crippen molar-refractivity contribution in [1.29, 1.82) is 0 Å². The van der Waals surface area contributed by atoms with Crippen molar-refractivity contribution in [3.05, 3.63) is 29.6 Å². The molecule has 1 aromatic rings. The molecule has 3 nitrogen and oxygen atoms in total. The first-order chi connectivity index (χ1) is 8.72. The monoisotopic (exact) mass is 247 g/mol. The van der Waals surface area contributed by atoms with E-state index in [0.717, 1.165) is 12.8 Å². The van der Waals surface area contributed by atoms with Gasteiger partial charge >= 0.3 is 0 Å². The summed E-state index contributed by atoms with van der Waals surface area (Å²) in [6.07, 6.45) is 2.41. The van der Waals surface area contributed by atoms with Gasteiger partial charge in [0.25, 0.3) is 0 Å². The van der Waals surface area contributed by atoms with Crippen LogP contribution in [0.5, 0.6) is 0 Å². The maximum absolute atomic E-state index is 13.5. The molecule has 1 heterocycles. The van der Waals surface area contributed by atoms with Crippen LogP contribution in [0, 0.1) is 17.7 Å². The fraction of sp³-hybridized carbons (Fsp3) is 0.357. The van der Waals surface area contributed by atoms with Crippen LogP contribution in [0.3, 0.4) is 0 Å². The van der Waals surface area contributed by atoms with Crippen LogP contribution in [0.25, 0.3) is 0 Å². The number of hydrogen-bond acceptors (Lipinski definition) is 2. The van der Waals surface area contributed by atoms with E-state index in [1.54, 1.807) is 17.0 Å². The fourth-order valence-corrected chi connectivity index (χ4v) is 1.99. The highest BCUT2D eigenvalue weighted by Crippen LogP contribution is 2.23. The van der Waals surface area contributed by atoms with Crippen LogP contribution in [0.2, 0.25) is 0 Å². The zero-order valence-corrected chi connectivity index (χ0v) is 9.95. The van der Waals surface area contributed by atoms with Gasteiger partial charge in [0.05, 0.1) is 5.56 Å². The molecular formula is C14H14FNO2. The van der Waals surface area contributed by atoms with Crippen molar-refractivity contribution in [1.82, 2.24) is 0 Å². The van der Waals surface area contributed by atoms with Crippen molar-refractivity contribution >= 4 is 11.6 Å². The predicted molar refractivity (Wildman–Crippen MR) is 66.6 cm³/mol. The molecule has 0 spiro atoms. The minimum Gasteiger partial charge on any atom is -0.384 e. The van der Waals surface area contributed by atoms with E-state index in [0.29, 0.717) is 18.7 Å². The first kappa shape index (κ1) is 12.6. The molecule has 1 amide bonds. The number of hydrogen-bond donors (Lipinski definition) is 1. The van der Waals surface area contributed by atoms with E-state index in [4.69, 9.17) is 5.11 Å². The van der Waals surface area contributed by atoms with Crippen molar-refractivity contribution < 1.29 is 14.3 Å². The molecule has 0 radical (unpaired) electrons. The Morgan fingerprint density at radius 2 is 2.22 bits per heavy atom. The molecule has 4 heteroatoms. The first-order valence-electron chi connectivity index (χ1n) is 5.92. The summed E-state index contributed by atoms with van der Waals surface area (Å²) in [5, 5.41) is 8.62. The average Bonchev–Trinajstić information content (AvgIpc) is 2.39. The van der Waals surface area contributed by atoms with E-state index >= 15 is 0 Å². The van der Waals surface area contributed by atoms with Crippen LogP contribution >= 0.6 is 0 Å². The maximum Gasteiger partial charge on any atom is 0.226 e. The van der Waals surface area contributed by atoms with E-state index in [9.17, 15) is 9.18 Å². The average molecular weight is 247 g/mol. The van der Waals surface area contributed by atoms with Crippen LogP contribution in [-0.2, 0) is 4.79 Å². The molecular weight excluding hydrogens is 233 g/mol. The Labute approximate surface area is 105 Å². The SMILES string of the molecule is O=C1CCCCN1c1ccc(F)c(C#CCO)c1. The maximum atomic E-state index is 13.5. The van der Waals surface area contributed by atoms with Crippen LogP contribution < -0.4 is 4.90 Å². The van der Waals surface area contributed by atoms with Crippen LogP contribution in [0.1, 0.15) is 24.8 Å². The number of anilines is 1. The topological polar surface area (TPSA) is 40.5 Å². The Balaban J connectivity index is 2.31. The van der Waals surface area contributed by atoms with Gasteiger partial charge in [-0.25, -0.2) is 4.39 Å². The minimum atomic E-state index is -0.441. The number of carbonyl (C=O) groups excluding carboxylic acids is 1. The lowest BCUT2D eigenvalue weighted by Gasteiger charge is -2.26. The highest BCUT2D eigenvalue weighted by Gasteiger charge is 2.20. The van der Waals surface area contributed by atoms with Gasteiger partial charge < -0.3 is 10.0 Å². The van der Waals surface area contributed by atoms with Crippen LogP contribution in [-0.4, -0.2) is 24.2 Å². The van der Waals surface area contributed by atoms with Crippen LogP contribution in [0.4, 0.5) is 10.1 Å². The summed E-state index contributed by atoms with van der Waals surface area (Å²) in [6.45, 7) is 0.351. The van der Waals surface area contributed by atoms with Gasteiger partial charge in [-0.15, -0.1) is 0 Å². The lowest BCUT2D eigenvalue weighted by molar-refractivity contribution is -0.119. The molecule has 1 aliphatic rings. The van der Waals surface area contributed by atoms with Crippen molar-refractivity contribution in [2.24, 2.45) is 0 Å². The molecule has 1 aromatic carbocycles. The quantitative estimate of drug-likeness (QED) is 0.767. The third-order valence-corrected chi connectivity index (χ3v) is 2.89. The van der Waals surface area contributed by atoms with Gasteiger partial charge in [0, 0.05) is 18.7 Å². The Bertz CT molecular complexity index is 516. The number of amides is 1. The molecule has 2 rings (SSSR count). The number of carbonyl (C=O) groups is 1. The van der Waals surface area contributed by atoms with Crippen molar-refractivity contribution in [2.75, 3.05) is 18.1 Å². The predicted octanol–water partition coefficient (Wildman–Crippen LogP) is 1.69. The lowest BCUT2D eigenvalue weighted by atomic mass is 10.1. The van der Waals surface area contributed by atoms with Gasteiger partial charge in [-0.1, -0.05) is 11.8 Å². The van der Waals surface area contributed by atoms with E-state index in [-0.39, 0.29) is 18.1 Å². The molecule has 0 atom stereocenters. The van der Waals surface area contributed by atoms with E-state index in [1.807, 2.05) is 0 Å². The highest BCUT2D eigenvalue weighted by atomic mass is 19.1. The molecule has 0 aromatic heterocycles. The van der Waals surface area contributed by atoms with Gasteiger partial charge in [0.2, 0.25) is 5.91 Å². The van der Waals surface area contributed by atoms with Gasteiger partial charge in [-0.3, -0.25) is 4.79 Å². The molecule has 0 saturated carbocycles. The first-order valence-corrected chi connectivity index (χ1v) is 5.92. The number of aliphatic hydroxyl groups excluding tert-OH is 1. The van der Waals surface area contributed by atoms with Crippen molar-refractivity contribution in [2.45, 2.75) is 19.3 Å². The number of benzene rings is 1. The molecule has 1 N–H and O–H groups in total. The second kappa shape index (κ2) is 5.65. The van der Waals surface area contributed by atoms with E-state index in [1.165, 1.54) is 6.07 Å². The molecule has 0 bridgehead atoms. The summed E-state index contributed by atoms with van der Waals surface area (Å²) in [5.74, 6) is 4.58. The van der Waals surface area contributed by atoms with Crippen molar-refractivity contribution in [3.63, 3.8) is 0 Å². The normalized spacial score (nSPS) is 15.2. The summed E-state index contributed by atoms with van der Waals surface area (Å²) in [6, 6.07) is 4.45. The van der Waals surface area contributed by atoms with Crippen LogP contribution in [0.15, 0.2) is 18.2 Å². The largest absolute Gasteiger partial charge is 0.384 e. The minimum absolute atomic E-state index is 0.0638. The molecule has 1 aliphatic heterocycles.